The van der Waals surface area contributed by atoms with Crippen molar-refractivity contribution in [1.29, 1.82) is 0 Å². The molecule has 0 saturated carbocycles. The highest BCUT2D eigenvalue weighted by Gasteiger charge is 2.08. The van der Waals surface area contributed by atoms with Gasteiger partial charge in [0.1, 0.15) is 5.75 Å². The molecule has 0 aromatic heterocycles. The van der Waals surface area contributed by atoms with Crippen molar-refractivity contribution in [2.45, 2.75) is 32.2 Å². The Morgan fingerprint density at radius 1 is 1.21 bits per heavy atom. The maximum Gasteiger partial charge on any atom is 0.122 e. The van der Waals surface area contributed by atoms with Gasteiger partial charge >= 0.3 is 0 Å². The van der Waals surface area contributed by atoms with E-state index >= 15 is 0 Å². The number of aliphatic hydroxyl groups excluding tert-OH is 2. The van der Waals surface area contributed by atoms with E-state index in [9.17, 15) is 0 Å². The minimum absolute atomic E-state index is 0.0559. The van der Waals surface area contributed by atoms with Crippen LogP contribution in [0.5, 0.6) is 5.75 Å². The van der Waals surface area contributed by atoms with E-state index in [2.05, 4.69) is 31.3 Å². The van der Waals surface area contributed by atoms with Gasteiger partial charge in [-0.15, -0.1) is 0 Å². The van der Waals surface area contributed by atoms with E-state index in [-0.39, 0.29) is 19.3 Å². The Kier molecular flexibility index (Phi) is 6.84. The number of aliphatic hydroxyl groups is 2. The predicted octanol–water partition coefficient (Wildman–Crippen LogP) is 1.30. The highest BCUT2D eigenvalue weighted by Crippen LogP contribution is 2.24. The highest BCUT2D eigenvalue weighted by molar-refractivity contribution is 5.38. The summed E-state index contributed by atoms with van der Waals surface area (Å²) in [5.41, 5.74) is 2.44. The third-order valence-corrected chi connectivity index (χ3v) is 3.24. The van der Waals surface area contributed by atoms with Gasteiger partial charge in [-0.3, -0.25) is 0 Å². The average molecular weight is 267 g/mol. The van der Waals surface area contributed by atoms with E-state index in [1.54, 1.807) is 7.11 Å². The van der Waals surface area contributed by atoms with E-state index in [0.717, 1.165) is 17.7 Å². The lowest BCUT2D eigenvalue weighted by atomic mass is 9.99. The van der Waals surface area contributed by atoms with Crippen LogP contribution in [0, 0.1) is 0 Å². The van der Waals surface area contributed by atoms with Gasteiger partial charge < -0.3 is 20.3 Å². The lowest BCUT2D eigenvalue weighted by Crippen LogP contribution is -2.36. The first-order valence-corrected chi connectivity index (χ1v) is 6.74. The van der Waals surface area contributed by atoms with Gasteiger partial charge in [-0.25, -0.2) is 0 Å². The molecule has 4 heteroatoms. The molecule has 0 atom stereocenters. The number of benzene rings is 1. The fourth-order valence-electron chi connectivity index (χ4n) is 1.95. The van der Waals surface area contributed by atoms with Crippen molar-refractivity contribution in [3.8, 4) is 5.75 Å². The summed E-state index contributed by atoms with van der Waals surface area (Å²) < 4.78 is 5.36. The predicted molar refractivity (Wildman–Crippen MR) is 76.7 cm³/mol. The largest absolute Gasteiger partial charge is 0.496 e. The molecule has 0 saturated heterocycles. The number of rotatable bonds is 8. The zero-order valence-corrected chi connectivity index (χ0v) is 12.0. The summed E-state index contributed by atoms with van der Waals surface area (Å²) in [6.07, 6.45) is 0.806. The van der Waals surface area contributed by atoms with Crippen molar-refractivity contribution >= 4 is 0 Å². The molecule has 0 heterocycles. The van der Waals surface area contributed by atoms with Gasteiger partial charge in [-0.1, -0.05) is 26.0 Å². The fourth-order valence-corrected chi connectivity index (χ4v) is 1.95. The monoisotopic (exact) mass is 267 g/mol. The summed E-state index contributed by atoms with van der Waals surface area (Å²) in [7, 11) is 1.67. The Morgan fingerprint density at radius 2 is 1.89 bits per heavy atom. The Bertz CT molecular complexity index is 376. The maximum absolute atomic E-state index is 8.99. The Labute approximate surface area is 115 Å². The van der Waals surface area contributed by atoms with E-state index in [1.165, 1.54) is 5.56 Å². The molecule has 3 N–H and O–H groups in total. The first-order valence-electron chi connectivity index (χ1n) is 6.74. The van der Waals surface area contributed by atoms with Gasteiger partial charge in [-0.05, 0) is 36.1 Å². The molecule has 1 aromatic rings. The number of methoxy groups -OCH3 is 1. The Morgan fingerprint density at radius 3 is 2.42 bits per heavy atom. The summed E-state index contributed by atoms with van der Waals surface area (Å²) in [6.45, 7) is 4.91. The number of ether oxygens (including phenoxy) is 1. The second-order valence-corrected chi connectivity index (χ2v) is 4.99. The summed E-state index contributed by atoms with van der Waals surface area (Å²) in [4.78, 5) is 0. The van der Waals surface area contributed by atoms with Gasteiger partial charge in [0.05, 0.1) is 26.4 Å². The lowest BCUT2D eigenvalue weighted by molar-refractivity contribution is 0.171. The minimum Gasteiger partial charge on any atom is -0.496 e. The highest BCUT2D eigenvalue weighted by atomic mass is 16.5. The van der Waals surface area contributed by atoms with Crippen molar-refractivity contribution in [1.82, 2.24) is 5.32 Å². The first-order chi connectivity index (χ1) is 9.12. The van der Waals surface area contributed by atoms with Crippen molar-refractivity contribution in [2.24, 2.45) is 0 Å². The molecule has 1 aromatic carbocycles. The number of hydrogen-bond acceptors (Lipinski definition) is 4. The molecule has 0 unspecified atom stereocenters. The van der Waals surface area contributed by atoms with Crippen LogP contribution < -0.4 is 10.1 Å². The molecule has 0 amide bonds. The Hall–Kier alpha value is -1.10. The zero-order valence-electron chi connectivity index (χ0n) is 12.0. The van der Waals surface area contributed by atoms with Gasteiger partial charge in [0.2, 0.25) is 0 Å². The van der Waals surface area contributed by atoms with Gasteiger partial charge in [-0.2, -0.15) is 0 Å². The zero-order chi connectivity index (χ0) is 14.3. The molecule has 4 nitrogen and oxygen atoms in total. The van der Waals surface area contributed by atoms with E-state index < -0.39 is 0 Å². The molecule has 0 aliphatic carbocycles. The third kappa shape index (κ3) is 4.82. The smallest absolute Gasteiger partial charge is 0.122 e. The lowest BCUT2D eigenvalue weighted by Gasteiger charge is -2.15. The molecule has 1 rings (SSSR count). The Balaban J connectivity index is 2.67. The molecule has 0 bridgehead atoms. The van der Waals surface area contributed by atoms with Crippen LogP contribution in [0.3, 0.4) is 0 Å². The summed E-state index contributed by atoms with van der Waals surface area (Å²) >= 11 is 0. The van der Waals surface area contributed by atoms with Crippen molar-refractivity contribution in [3.63, 3.8) is 0 Å². The number of nitrogens with one attached hydrogen (secondary N) is 1. The maximum atomic E-state index is 8.99. The van der Waals surface area contributed by atoms with Crippen LogP contribution >= 0.6 is 0 Å². The summed E-state index contributed by atoms with van der Waals surface area (Å²) in [5, 5.41) is 21.1. The van der Waals surface area contributed by atoms with Crippen LogP contribution in [0.15, 0.2) is 18.2 Å². The molecular formula is C15H25NO3. The van der Waals surface area contributed by atoms with Crippen LogP contribution in [-0.4, -0.2) is 43.1 Å². The normalized spacial score (nSPS) is 11.3. The van der Waals surface area contributed by atoms with Crippen molar-refractivity contribution < 1.29 is 14.9 Å². The van der Waals surface area contributed by atoms with Crippen molar-refractivity contribution in [3.05, 3.63) is 29.3 Å². The van der Waals surface area contributed by atoms with E-state index in [4.69, 9.17) is 14.9 Å². The second kappa shape index (κ2) is 8.15. The summed E-state index contributed by atoms with van der Waals surface area (Å²) in [6, 6.07) is 6.00. The van der Waals surface area contributed by atoms with Gasteiger partial charge in [0, 0.05) is 0 Å². The quantitative estimate of drug-likeness (QED) is 0.664. The molecular weight excluding hydrogens is 242 g/mol. The molecule has 0 spiro atoms. The van der Waals surface area contributed by atoms with Gasteiger partial charge in [0.25, 0.3) is 0 Å². The van der Waals surface area contributed by atoms with E-state index in [1.807, 2.05) is 6.07 Å². The van der Waals surface area contributed by atoms with Crippen molar-refractivity contribution in [2.75, 3.05) is 26.9 Å². The van der Waals surface area contributed by atoms with E-state index in [0.29, 0.717) is 12.5 Å². The fraction of sp³-hybridized carbons (Fsp3) is 0.600. The molecule has 108 valence electrons. The van der Waals surface area contributed by atoms with Crippen LogP contribution in [-0.2, 0) is 6.42 Å². The third-order valence-electron chi connectivity index (χ3n) is 3.24. The standard InChI is InChI=1S/C15H25NO3/c1-11(2)12-4-5-15(19-3)13(8-12)6-7-16-14(9-17)10-18/h4-5,8,11,14,16-18H,6-7,9-10H2,1-3H3. The number of hydrogen-bond donors (Lipinski definition) is 3. The summed E-state index contributed by atoms with van der Waals surface area (Å²) in [5.74, 6) is 1.37. The van der Waals surface area contributed by atoms with Crippen LogP contribution in [0.1, 0.15) is 30.9 Å². The second-order valence-electron chi connectivity index (χ2n) is 4.99. The molecule has 0 aliphatic heterocycles. The topological polar surface area (TPSA) is 61.7 Å². The first kappa shape index (κ1) is 16.0. The van der Waals surface area contributed by atoms with Crippen LogP contribution in [0.25, 0.3) is 0 Å². The minimum atomic E-state index is -0.251. The van der Waals surface area contributed by atoms with Crippen LogP contribution in [0.2, 0.25) is 0 Å². The van der Waals surface area contributed by atoms with Gasteiger partial charge in [0.15, 0.2) is 0 Å². The molecule has 0 fully saturated rings. The molecule has 0 radical (unpaired) electrons. The molecule has 0 aliphatic rings. The van der Waals surface area contributed by atoms with Crippen LogP contribution in [0.4, 0.5) is 0 Å². The average Bonchev–Trinajstić information content (AvgIpc) is 2.43. The SMILES string of the molecule is COc1ccc(C(C)C)cc1CCNC(CO)CO. The molecule has 19 heavy (non-hydrogen) atoms.